The van der Waals surface area contributed by atoms with Gasteiger partial charge in [-0.05, 0) is 12.8 Å². The summed E-state index contributed by atoms with van der Waals surface area (Å²) in [6.07, 6.45) is 4.06. The van der Waals surface area contributed by atoms with Crippen molar-refractivity contribution in [1.29, 1.82) is 0 Å². The van der Waals surface area contributed by atoms with Crippen LogP contribution >= 0.6 is 0 Å². The highest BCUT2D eigenvalue weighted by molar-refractivity contribution is 5.73. The van der Waals surface area contributed by atoms with Crippen molar-refractivity contribution in [2.75, 3.05) is 13.7 Å². The molecule has 84 valence electrons. The SMILES string of the molecule is CCCCN(C(C)=O)C(CCC)OC. The van der Waals surface area contributed by atoms with Gasteiger partial charge in [-0.2, -0.15) is 0 Å². The molecule has 0 spiro atoms. The minimum Gasteiger partial charge on any atom is -0.362 e. The molecular weight excluding hydrogens is 178 g/mol. The van der Waals surface area contributed by atoms with Crippen LogP contribution in [-0.4, -0.2) is 30.7 Å². The highest BCUT2D eigenvalue weighted by Gasteiger charge is 2.18. The number of amides is 1. The Labute approximate surface area is 87.4 Å². The molecule has 0 aliphatic carbocycles. The third-order valence-electron chi connectivity index (χ3n) is 2.31. The van der Waals surface area contributed by atoms with E-state index in [1.165, 1.54) is 0 Å². The van der Waals surface area contributed by atoms with Gasteiger partial charge in [-0.25, -0.2) is 0 Å². The maximum atomic E-state index is 11.4. The van der Waals surface area contributed by atoms with Gasteiger partial charge in [-0.1, -0.05) is 26.7 Å². The summed E-state index contributed by atoms with van der Waals surface area (Å²) < 4.78 is 5.32. The summed E-state index contributed by atoms with van der Waals surface area (Å²) in [5.41, 5.74) is 0. The van der Waals surface area contributed by atoms with Gasteiger partial charge in [-0.15, -0.1) is 0 Å². The molecule has 0 aliphatic rings. The van der Waals surface area contributed by atoms with Crippen LogP contribution in [-0.2, 0) is 9.53 Å². The molecule has 0 heterocycles. The minimum atomic E-state index is -0.0379. The molecule has 0 aromatic rings. The van der Waals surface area contributed by atoms with E-state index in [1.807, 2.05) is 4.90 Å². The predicted octanol–water partition coefficient (Wildman–Crippen LogP) is 2.41. The maximum Gasteiger partial charge on any atom is 0.221 e. The lowest BCUT2D eigenvalue weighted by molar-refractivity contribution is -0.142. The van der Waals surface area contributed by atoms with E-state index in [-0.39, 0.29) is 12.1 Å². The third-order valence-corrected chi connectivity index (χ3v) is 2.31. The van der Waals surface area contributed by atoms with Crippen LogP contribution in [0.1, 0.15) is 46.5 Å². The van der Waals surface area contributed by atoms with Crippen molar-refractivity contribution in [2.45, 2.75) is 52.7 Å². The van der Waals surface area contributed by atoms with E-state index in [0.29, 0.717) is 0 Å². The van der Waals surface area contributed by atoms with Crippen LogP contribution in [0.5, 0.6) is 0 Å². The predicted molar refractivity (Wildman–Crippen MR) is 58.0 cm³/mol. The Hall–Kier alpha value is -0.570. The van der Waals surface area contributed by atoms with Crippen LogP contribution in [0, 0.1) is 0 Å². The van der Waals surface area contributed by atoms with E-state index in [9.17, 15) is 4.79 Å². The highest BCUT2D eigenvalue weighted by atomic mass is 16.5. The lowest BCUT2D eigenvalue weighted by Crippen LogP contribution is -2.40. The Bertz CT molecular complexity index is 159. The largest absolute Gasteiger partial charge is 0.362 e. The fourth-order valence-corrected chi connectivity index (χ4v) is 1.48. The Morgan fingerprint density at radius 3 is 2.36 bits per heavy atom. The quantitative estimate of drug-likeness (QED) is 0.592. The van der Waals surface area contributed by atoms with Crippen molar-refractivity contribution in [3.05, 3.63) is 0 Å². The van der Waals surface area contributed by atoms with E-state index in [0.717, 1.165) is 32.2 Å². The molecule has 0 aliphatic heterocycles. The molecule has 1 unspecified atom stereocenters. The van der Waals surface area contributed by atoms with Crippen LogP contribution in [0.4, 0.5) is 0 Å². The zero-order chi connectivity index (χ0) is 11.0. The summed E-state index contributed by atoms with van der Waals surface area (Å²) in [6.45, 7) is 6.64. The van der Waals surface area contributed by atoms with Gasteiger partial charge >= 0.3 is 0 Å². The second-order valence-corrected chi connectivity index (χ2v) is 3.54. The zero-order valence-corrected chi connectivity index (χ0v) is 9.88. The Balaban J connectivity index is 4.20. The van der Waals surface area contributed by atoms with Crippen LogP contribution in [0.15, 0.2) is 0 Å². The van der Waals surface area contributed by atoms with E-state index in [1.54, 1.807) is 14.0 Å². The molecule has 0 aromatic heterocycles. The molecule has 1 amide bonds. The molecule has 0 fully saturated rings. The topological polar surface area (TPSA) is 29.5 Å². The fraction of sp³-hybridized carbons (Fsp3) is 0.909. The first-order chi connectivity index (χ1) is 6.67. The molecule has 0 rings (SSSR count). The van der Waals surface area contributed by atoms with Crippen molar-refractivity contribution >= 4 is 5.91 Å². The van der Waals surface area contributed by atoms with Crippen molar-refractivity contribution in [3.63, 3.8) is 0 Å². The molecule has 0 saturated carbocycles. The molecule has 3 nitrogen and oxygen atoms in total. The van der Waals surface area contributed by atoms with Gasteiger partial charge in [0.2, 0.25) is 5.91 Å². The molecule has 0 saturated heterocycles. The maximum absolute atomic E-state index is 11.4. The van der Waals surface area contributed by atoms with Gasteiger partial charge in [0.1, 0.15) is 6.23 Å². The lowest BCUT2D eigenvalue weighted by atomic mass is 10.2. The van der Waals surface area contributed by atoms with E-state index >= 15 is 0 Å². The van der Waals surface area contributed by atoms with Crippen LogP contribution in [0.25, 0.3) is 0 Å². The van der Waals surface area contributed by atoms with Crippen LogP contribution in [0.3, 0.4) is 0 Å². The summed E-state index contributed by atoms with van der Waals surface area (Å²) in [6, 6.07) is 0. The molecule has 14 heavy (non-hydrogen) atoms. The number of ether oxygens (including phenoxy) is 1. The Morgan fingerprint density at radius 1 is 1.36 bits per heavy atom. The number of nitrogens with zero attached hydrogens (tertiary/aromatic N) is 1. The Morgan fingerprint density at radius 2 is 2.00 bits per heavy atom. The second kappa shape index (κ2) is 7.80. The van der Waals surface area contributed by atoms with Crippen molar-refractivity contribution in [3.8, 4) is 0 Å². The van der Waals surface area contributed by atoms with Gasteiger partial charge < -0.3 is 9.64 Å². The van der Waals surface area contributed by atoms with Crippen molar-refractivity contribution in [2.24, 2.45) is 0 Å². The van der Waals surface area contributed by atoms with Crippen molar-refractivity contribution in [1.82, 2.24) is 4.90 Å². The van der Waals surface area contributed by atoms with Gasteiger partial charge in [-0.3, -0.25) is 4.79 Å². The first-order valence-electron chi connectivity index (χ1n) is 5.47. The normalized spacial score (nSPS) is 12.6. The molecule has 0 aromatic carbocycles. The Kier molecular flexibility index (Phi) is 7.48. The van der Waals surface area contributed by atoms with Gasteiger partial charge in [0.15, 0.2) is 0 Å². The van der Waals surface area contributed by atoms with E-state index in [2.05, 4.69) is 13.8 Å². The molecule has 0 bridgehead atoms. The second-order valence-electron chi connectivity index (χ2n) is 3.54. The number of carbonyl (C=O) groups excluding carboxylic acids is 1. The minimum absolute atomic E-state index is 0.0379. The molecule has 3 heteroatoms. The standard InChI is InChI=1S/C11H23NO2/c1-5-7-9-12(10(3)13)11(14-4)8-6-2/h11H,5-9H2,1-4H3. The summed E-state index contributed by atoms with van der Waals surface area (Å²) >= 11 is 0. The zero-order valence-electron chi connectivity index (χ0n) is 9.88. The smallest absolute Gasteiger partial charge is 0.221 e. The molecule has 0 N–H and O–H groups in total. The first-order valence-corrected chi connectivity index (χ1v) is 5.47. The lowest BCUT2D eigenvalue weighted by Gasteiger charge is -2.29. The summed E-state index contributed by atoms with van der Waals surface area (Å²) in [7, 11) is 1.67. The number of hydrogen-bond donors (Lipinski definition) is 0. The average molecular weight is 201 g/mol. The first kappa shape index (κ1) is 13.4. The van der Waals surface area contributed by atoms with Crippen LogP contribution < -0.4 is 0 Å². The highest BCUT2D eigenvalue weighted by Crippen LogP contribution is 2.09. The monoisotopic (exact) mass is 201 g/mol. The summed E-state index contributed by atoms with van der Waals surface area (Å²) in [5.74, 6) is 0.110. The average Bonchev–Trinajstić information content (AvgIpc) is 2.16. The number of unbranched alkanes of at least 4 members (excludes halogenated alkanes) is 1. The number of hydrogen-bond acceptors (Lipinski definition) is 2. The summed E-state index contributed by atoms with van der Waals surface area (Å²) in [5, 5.41) is 0. The van der Waals surface area contributed by atoms with Crippen molar-refractivity contribution < 1.29 is 9.53 Å². The van der Waals surface area contributed by atoms with Gasteiger partial charge in [0.05, 0.1) is 0 Å². The van der Waals surface area contributed by atoms with E-state index in [4.69, 9.17) is 4.74 Å². The third kappa shape index (κ3) is 4.61. The van der Waals surface area contributed by atoms with Gasteiger partial charge in [0.25, 0.3) is 0 Å². The van der Waals surface area contributed by atoms with E-state index < -0.39 is 0 Å². The number of carbonyl (C=O) groups is 1. The molecule has 1 atom stereocenters. The number of rotatable bonds is 7. The van der Waals surface area contributed by atoms with Gasteiger partial charge in [0, 0.05) is 20.6 Å². The molecular formula is C11H23NO2. The molecule has 0 radical (unpaired) electrons. The number of methoxy groups -OCH3 is 1. The fourth-order valence-electron chi connectivity index (χ4n) is 1.48. The summed E-state index contributed by atoms with van der Waals surface area (Å²) in [4.78, 5) is 13.2. The van der Waals surface area contributed by atoms with Crippen LogP contribution in [0.2, 0.25) is 0 Å².